The highest BCUT2D eigenvalue weighted by atomic mass is 16.3. The summed E-state index contributed by atoms with van der Waals surface area (Å²) in [6.07, 6.45) is 4.29. The molecule has 2 bridgehead atoms. The third-order valence-electron chi connectivity index (χ3n) is 5.64. The summed E-state index contributed by atoms with van der Waals surface area (Å²) >= 11 is 0. The van der Waals surface area contributed by atoms with Gasteiger partial charge >= 0.3 is 0 Å². The van der Waals surface area contributed by atoms with Crippen molar-refractivity contribution in [1.29, 1.82) is 0 Å². The first kappa shape index (κ1) is 14.8. The molecule has 2 N–H and O–H groups in total. The largest absolute Gasteiger partial charge is 0.451 e. The summed E-state index contributed by atoms with van der Waals surface area (Å²) in [6, 6.07) is 12.0. The second kappa shape index (κ2) is 5.77. The number of hydrogen-bond acceptors (Lipinski definition) is 3. The minimum Gasteiger partial charge on any atom is -0.451 e. The van der Waals surface area contributed by atoms with Crippen LogP contribution in [0.2, 0.25) is 0 Å². The summed E-state index contributed by atoms with van der Waals surface area (Å²) in [5.41, 5.74) is 2.03. The van der Waals surface area contributed by atoms with Crippen LogP contribution in [0.25, 0.3) is 22.2 Å². The topological polar surface area (TPSA) is 61.3 Å². The SMILES string of the molecule is O=C(N[C@H]1CN2CCC1CC2)c1ccc(-c2ccc3cc[nH]c3c2)o1. The van der Waals surface area contributed by atoms with E-state index in [1.54, 1.807) is 6.07 Å². The van der Waals surface area contributed by atoms with Crippen molar-refractivity contribution in [1.82, 2.24) is 15.2 Å². The second-order valence-electron chi connectivity index (χ2n) is 7.16. The third kappa shape index (κ3) is 2.65. The van der Waals surface area contributed by atoms with Crippen molar-refractivity contribution in [2.75, 3.05) is 19.6 Å². The number of carbonyl (C=O) groups excluding carboxylic acids is 1. The van der Waals surface area contributed by atoms with Crippen LogP contribution in [-0.4, -0.2) is 41.5 Å². The first-order valence-electron chi connectivity index (χ1n) is 8.97. The number of aromatic amines is 1. The van der Waals surface area contributed by atoms with Crippen LogP contribution >= 0.6 is 0 Å². The van der Waals surface area contributed by atoms with Gasteiger partial charge in [-0.3, -0.25) is 4.79 Å². The molecule has 3 saturated heterocycles. The predicted octanol–water partition coefficient (Wildman–Crippen LogP) is 3.25. The molecule has 0 aliphatic carbocycles. The summed E-state index contributed by atoms with van der Waals surface area (Å²) in [5.74, 6) is 1.61. The van der Waals surface area contributed by atoms with E-state index in [-0.39, 0.29) is 11.9 Å². The van der Waals surface area contributed by atoms with Crippen molar-refractivity contribution < 1.29 is 9.21 Å². The minimum atomic E-state index is -0.106. The number of furan rings is 1. The molecule has 2 aromatic heterocycles. The lowest BCUT2D eigenvalue weighted by molar-refractivity contribution is 0.0606. The molecule has 128 valence electrons. The number of aromatic nitrogens is 1. The monoisotopic (exact) mass is 335 g/mol. The molecule has 3 aliphatic heterocycles. The van der Waals surface area contributed by atoms with Gasteiger partial charge in [0, 0.05) is 29.9 Å². The summed E-state index contributed by atoms with van der Waals surface area (Å²) in [4.78, 5) is 18.2. The number of rotatable bonds is 3. The Kier molecular flexibility index (Phi) is 3.41. The molecule has 5 heterocycles. The first-order valence-corrected chi connectivity index (χ1v) is 8.97. The molecule has 1 amide bonds. The Bertz CT molecular complexity index is 918. The second-order valence-corrected chi connectivity index (χ2v) is 7.16. The lowest BCUT2D eigenvalue weighted by Gasteiger charge is -2.44. The molecule has 6 rings (SSSR count). The highest BCUT2D eigenvalue weighted by Crippen LogP contribution is 2.29. The maximum absolute atomic E-state index is 12.6. The van der Waals surface area contributed by atoms with Gasteiger partial charge in [-0.15, -0.1) is 0 Å². The van der Waals surface area contributed by atoms with Crippen LogP contribution in [0.3, 0.4) is 0 Å². The Labute approximate surface area is 146 Å². The Balaban J connectivity index is 1.34. The molecule has 1 aromatic carbocycles. The van der Waals surface area contributed by atoms with Gasteiger partial charge < -0.3 is 19.6 Å². The number of fused-ring (bicyclic) bond motifs is 4. The molecule has 5 heteroatoms. The van der Waals surface area contributed by atoms with Crippen LogP contribution in [0.1, 0.15) is 23.4 Å². The highest BCUT2D eigenvalue weighted by molar-refractivity contribution is 5.92. The molecule has 3 aliphatic rings. The van der Waals surface area contributed by atoms with E-state index in [1.165, 1.54) is 25.9 Å². The van der Waals surface area contributed by atoms with E-state index in [0.717, 1.165) is 28.8 Å². The number of hydrogen-bond donors (Lipinski definition) is 2. The number of amides is 1. The molecule has 1 atom stereocenters. The zero-order valence-electron chi connectivity index (χ0n) is 14.0. The molecule has 3 aromatic rings. The van der Waals surface area contributed by atoms with Crippen LogP contribution in [0, 0.1) is 5.92 Å². The molecule has 0 saturated carbocycles. The molecular weight excluding hydrogens is 314 g/mol. The maximum Gasteiger partial charge on any atom is 0.287 e. The fourth-order valence-corrected chi connectivity index (χ4v) is 4.18. The summed E-state index contributed by atoms with van der Waals surface area (Å²) in [7, 11) is 0. The summed E-state index contributed by atoms with van der Waals surface area (Å²) in [5, 5.41) is 4.34. The fraction of sp³-hybridized carbons (Fsp3) is 0.350. The van der Waals surface area contributed by atoms with E-state index in [1.807, 2.05) is 30.5 Å². The standard InChI is InChI=1S/C20H21N3O2/c24-20(22-17-12-23-9-6-14(17)7-10-23)19-4-3-18(25-19)15-2-1-13-5-8-21-16(13)11-15/h1-5,8,11,14,17,21H,6-7,9-10,12H2,(H,22,24)/t17-/m0/s1. The normalized spacial score (nSPS) is 25.4. The van der Waals surface area contributed by atoms with E-state index in [4.69, 9.17) is 4.42 Å². The first-order chi connectivity index (χ1) is 12.3. The van der Waals surface area contributed by atoms with Gasteiger partial charge in [-0.05, 0) is 61.5 Å². The lowest BCUT2D eigenvalue weighted by Crippen LogP contribution is -2.57. The molecule has 0 spiro atoms. The van der Waals surface area contributed by atoms with Crippen molar-refractivity contribution >= 4 is 16.8 Å². The van der Waals surface area contributed by atoms with Crippen molar-refractivity contribution in [3.63, 3.8) is 0 Å². The van der Waals surface area contributed by atoms with E-state index in [9.17, 15) is 4.79 Å². The molecule has 5 nitrogen and oxygen atoms in total. The Morgan fingerprint density at radius 3 is 2.84 bits per heavy atom. The van der Waals surface area contributed by atoms with Gasteiger partial charge in [0.25, 0.3) is 5.91 Å². The summed E-state index contributed by atoms with van der Waals surface area (Å²) in [6.45, 7) is 3.31. The predicted molar refractivity (Wildman–Crippen MR) is 96.4 cm³/mol. The fourth-order valence-electron chi connectivity index (χ4n) is 4.18. The van der Waals surface area contributed by atoms with E-state index in [0.29, 0.717) is 11.7 Å². The van der Waals surface area contributed by atoms with Gasteiger partial charge in [0.1, 0.15) is 5.76 Å². The highest BCUT2D eigenvalue weighted by Gasteiger charge is 2.35. The Morgan fingerprint density at radius 2 is 2.04 bits per heavy atom. The van der Waals surface area contributed by atoms with Crippen LogP contribution in [0.4, 0.5) is 0 Å². The lowest BCUT2D eigenvalue weighted by atomic mass is 9.84. The third-order valence-corrected chi connectivity index (χ3v) is 5.64. The Morgan fingerprint density at radius 1 is 1.16 bits per heavy atom. The van der Waals surface area contributed by atoms with Crippen molar-refractivity contribution in [3.8, 4) is 11.3 Å². The van der Waals surface area contributed by atoms with Crippen LogP contribution in [0.15, 0.2) is 47.0 Å². The maximum atomic E-state index is 12.6. The van der Waals surface area contributed by atoms with Gasteiger partial charge in [-0.1, -0.05) is 12.1 Å². The van der Waals surface area contributed by atoms with Crippen molar-refractivity contribution in [2.24, 2.45) is 5.92 Å². The molecule has 25 heavy (non-hydrogen) atoms. The number of nitrogens with one attached hydrogen (secondary N) is 2. The molecular formula is C20H21N3O2. The number of H-pyrrole nitrogens is 1. The van der Waals surface area contributed by atoms with Gasteiger partial charge in [0.15, 0.2) is 5.76 Å². The van der Waals surface area contributed by atoms with Crippen LogP contribution in [-0.2, 0) is 0 Å². The summed E-state index contributed by atoms with van der Waals surface area (Å²) < 4.78 is 5.84. The van der Waals surface area contributed by atoms with Crippen molar-refractivity contribution in [2.45, 2.75) is 18.9 Å². The average Bonchev–Trinajstić information content (AvgIpc) is 3.31. The average molecular weight is 335 g/mol. The van der Waals surface area contributed by atoms with Crippen molar-refractivity contribution in [3.05, 3.63) is 48.4 Å². The Hall–Kier alpha value is -2.53. The number of carbonyl (C=O) groups is 1. The van der Waals surface area contributed by atoms with Crippen LogP contribution < -0.4 is 5.32 Å². The van der Waals surface area contributed by atoms with Crippen LogP contribution in [0.5, 0.6) is 0 Å². The quantitative estimate of drug-likeness (QED) is 0.772. The van der Waals surface area contributed by atoms with Gasteiger partial charge in [0.2, 0.25) is 0 Å². The zero-order chi connectivity index (χ0) is 16.8. The van der Waals surface area contributed by atoms with E-state index in [2.05, 4.69) is 21.3 Å². The van der Waals surface area contributed by atoms with Gasteiger partial charge in [-0.2, -0.15) is 0 Å². The number of piperidine rings is 3. The minimum absolute atomic E-state index is 0.106. The number of nitrogens with zero attached hydrogens (tertiary/aromatic N) is 1. The number of benzene rings is 1. The van der Waals surface area contributed by atoms with Gasteiger partial charge in [-0.25, -0.2) is 0 Å². The molecule has 3 fully saturated rings. The van der Waals surface area contributed by atoms with E-state index < -0.39 is 0 Å². The molecule has 0 unspecified atom stereocenters. The van der Waals surface area contributed by atoms with Gasteiger partial charge in [0.05, 0.1) is 0 Å². The molecule has 0 radical (unpaired) electrons. The zero-order valence-corrected chi connectivity index (χ0v) is 14.0. The van der Waals surface area contributed by atoms with E-state index >= 15 is 0 Å². The smallest absolute Gasteiger partial charge is 0.287 e.